The Morgan fingerprint density at radius 3 is 2.64 bits per heavy atom. The van der Waals surface area contributed by atoms with Gasteiger partial charge in [0.15, 0.2) is 0 Å². The van der Waals surface area contributed by atoms with Gasteiger partial charge in [-0.2, -0.15) is 4.72 Å². The molecule has 0 aliphatic carbocycles. The third-order valence-electron chi connectivity index (χ3n) is 1.59. The molecule has 0 aromatic rings. The van der Waals surface area contributed by atoms with Crippen molar-refractivity contribution in [2.24, 2.45) is 0 Å². The molecule has 0 spiro atoms. The first-order valence-corrected chi connectivity index (χ1v) is 5.61. The lowest BCUT2D eigenvalue weighted by Gasteiger charge is -2.21. The van der Waals surface area contributed by atoms with E-state index in [0.717, 1.165) is 32.1 Å². The van der Waals surface area contributed by atoms with Gasteiger partial charge in [-0.15, -0.1) is 0 Å². The van der Waals surface area contributed by atoms with Gasteiger partial charge in [-0.3, -0.25) is 0 Å². The van der Waals surface area contributed by atoms with Crippen molar-refractivity contribution in [3.05, 3.63) is 0 Å². The van der Waals surface area contributed by atoms with Crippen molar-refractivity contribution >= 4 is 10.0 Å². The minimum atomic E-state index is -3.07. The van der Waals surface area contributed by atoms with Gasteiger partial charge >= 0.3 is 0 Å². The fourth-order valence-electron chi connectivity index (χ4n) is 1.13. The third-order valence-corrected chi connectivity index (χ3v) is 2.29. The molecule has 1 heterocycles. The Kier molecular flexibility index (Phi) is 2.86. The maximum absolute atomic E-state index is 10.7. The van der Waals surface area contributed by atoms with Crippen LogP contribution in [0.3, 0.4) is 0 Å². The van der Waals surface area contributed by atoms with E-state index in [1.54, 1.807) is 0 Å². The summed E-state index contributed by atoms with van der Waals surface area (Å²) < 4.78 is 23.9. The molecule has 1 rings (SSSR count). The fraction of sp³-hybridized carbons (Fsp3) is 1.00. The zero-order valence-electron chi connectivity index (χ0n) is 6.58. The van der Waals surface area contributed by atoms with Crippen molar-refractivity contribution in [2.45, 2.75) is 25.4 Å². The monoisotopic (exact) mass is 177 g/mol. The molecule has 0 aromatic carbocycles. The second-order valence-corrected chi connectivity index (χ2v) is 4.59. The van der Waals surface area contributed by atoms with Gasteiger partial charge in [0.1, 0.15) is 0 Å². The van der Waals surface area contributed by atoms with Crippen LogP contribution in [0.2, 0.25) is 0 Å². The van der Waals surface area contributed by atoms with E-state index in [9.17, 15) is 8.42 Å². The van der Waals surface area contributed by atoms with E-state index in [0.29, 0.717) is 0 Å². The topological polar surface area (TPSA) is 60.3 Å². The Hall–Kier alpha value is -0.130. The molecule has 1 atom stereocenters. The number of hydrogen-bond donors (Lipinski definition) is 1. The van der Waals surface area contributed by atoms with Crippen LogP contribution in [0.15, 0.2) is 0 Å². The molecule has 1 aliphatic heterocycles. The van der Waals surface area contributed by atoms with E-state index >= 15 is 0 Å². The molecule has 1 aliphatic rings. The molecule has 11 heavy (non-hydrogen) atoms. The lowest BCUT2D eigenvalue weighted by molar-refractivity contribution is 0.375. The molecule has 0 aromatic heterocycles. The highest BCUT2D eigenvalue weighted by atomic mass is 32.2. The van der Waals surface area contributed by atoms with Crippen LogP contribution in [0.4, 0.5) is 0 Å². The fourth-order valence-corrected chi connectivity index (χ4v) is 1.82. The van der Waals surface area contributed by atoms with E-state index in [1.807, 2.05) is 0 Å². The first-order valence-electron chi connectivity index (χ1n) is 3.72. The number of rotatable bonds is 2. The summed E-state index contributed by atoms with van der Waals surface area (Å²) in [6, 6.07) is 0. The van der Waals surface area contributed by atoms with Gasteiger partial charge in [0.2, 0.25) is 10.0 Å². The van der Waals surface area contributed by atoms with E-state index in [2.05, 4.69) is 10.0 Å². The van der Waals surface area contributed by atoms with Crippen molar-refractivity contribution in [1.82, 2.24) is 10.0 Å². The van der Waals surface area contributed by atoms with Gasteiger partial charge in [-0.25, -0.2) is 13.7 Å². The maximum atomic E-state index is 10.7. The Morgan fingerprint density at radius 1 is 1.45 bits per heavy atom. The second kappa shape index (κ2) is 3.51. The van der Waals surface area contributed by atoms with Crippen LogP contribution >= 0.6 is 0 Å². The average molecular weight is 177 g/mol. The average Bonchev–Trinajstić information content (AvgIpc) is 1.85. The zero-order valence-corrected chi connectivity index (χ0v) is 7.39. The van der Waals surface area contributed by atoms with Gasteiger partial charge < -0.3 is 0 Å². The number of nitrogens with zero attached hydrogens (tertiary/aromatic N) is 1. The summed E-state index contributed by atoms with van der Waals surface area (Å²) in [6.45, 7) is 0.785. The maximum Gasteiger partial charge on any atom is 0.210 e. The van der Waals surface area contributed by atoms with Gasteiger partial charge in [0.25, 0.3) is 0 Å². The largest absolute Gasteiger partial charge is 0.222 e. The van der Waals surface area contributed by atoms with Crippen LogP contribution in [0.5, 0.6) is 0 Å². The van der Waals surface area contributed by atoms with E-state index in [1.165, 1.54) is 0 Å². The van der Waals surface area contributed by atoms with Crippen LogP contribution in [0, 0.1) is 0 Å². The molecule has 4 nitrogen and oxygen atoms in total. The van der Waals surface area contributed by atoms with E-state index in [-0.39, 0.29) is 6.17 Å². The standard InChI is InChI=1S/C6H13N2O2S/c1-11(9,10)8-6-4-2-3-5-7-6/h6,8H,2-5H2,1H3. The second-order valence-electron chi connectivity index (χ2n) is 2.81. The predicted molar refractivity (Wildman–Crippen MR) is 42.6 cm³/mol. The highest BCUT2D eigenvalue weighted by molar-refractivity contribution is 7.88. The molecule has 1 saturated heterocycles. The Morgan fingerprint density at radius 2 is 2.18 bits per heavy atom. The Balaban J connectivity index is 2.36. The van der Waals surface area contributed by atoms with Crippen LogP contribution < -0.4 is 10.0 Å². The van der Waals surface area contributed by atoms with Crippen molar-refractivity contribution in [3.8, 4) is 0 Å². The van der Waals surface area contributed by atoms with Crippen LogP contribution in [-0.4, -0.2) is 27.4 Å². The number of hydrogen-bond acceptors (Lipinski definition) is 2. The number of piperidine rings is 1. The molecule has 1 fully saturated rings. The number of sulfonamides is 1. The van der Waals surface area contributed by atoms with Gasteiger partial charge in [-0.05, 0) is 19.3 Å². The van der Waals surface area contributed by atoms with E-state index < -0.39 is 10.0 Å². The molecule has 5 heteroatoms. The first kappa shape index (κ1) is 8.96. The van der Waals surface area contributed by atoms with Crippen molar-refractivity contribution < 1.29 is 8.42 Å². The van der Waals surface area contributed by atoms with Crippen LogP contribution in [-0.2, 0) is 10.0 Å². The lowest BCUT2D eigenvalue weighted by atomic mass is 10.1. The van der Waals surface area contributed by atoms with Crippen molar-refractivity contribution in [1.29, 1.82) is 0 Å². The molecular formula is C6H13N2O2S. The van der Waals surface area contributed by atoms with Crippen molar-refractivity contribution in [3.63, 3.8) is 0 Å². The smallest absolute Gasteiger partial charge is 0.210 e. The van der Waals surface area contributed by atoms with Crippen molar-refractivity contribution in [2.75, 3.05) is 12.8 Å². The zero-order chi connectivity index (χ0) is 8.32. The highest BCUT2D eigenvalue weighted by Gasteiger charge is 2.16. The molecular weight excluding hydrogens is 164 g/mol. The predicted octanol–water partition coefficient (Wildman–Crippen LogP) is -0.350. The first-order chi connectivity index (χ1) is 5.08. The summed E-state index contributed by atoms with van der Waals surface area (Å²) in [4.78, 5) is 0. The molecule has 0 bridgehead atoms. The molecule has 1 radical (unpaired) electrons. The van der Waals surface area contributed by atoms with Crippen LogP contribution in [0.1, 0.15) is 19.3 Å². The number of nitrogens with one attached hydrogen (secondary N) is 1. The molecule has 1 N–H and O–H groups in total. The minimum absolute atomic E-state index is 0.168. The minimum Gasteiger partial charge on any atom is -0.222 e. The normalized spacial score (nSPS) is 26.8. The van der Waals surface area contributed by atoms with Gasteiger partial charge in [0.05, 0.1) is 12.4 Å². The molecule has 1 unspecified atom stereocenters. The summed E-state index contributed by atoms with van der Waals surface area (Å²) in [7, 11) is -3.07. The SMILES string of the molecule is CS(=O)(=O)NC1CCCC[N]1. The Labute approximate surface area is 67.4 Å². The molecule has 0 saturated carbocycles. The third kappa shape index (κ3) is 3.69. The highest BCUT2D eigenvalue weighted by Crippen LogP contribution is 2.06. The quantitative estimate of drug-likeness (QED) is 0.626. The van der Waals surface area contributed by atoms with Gasteiger partial charge in [0, 0.05) is 6.54 Å². The van der Waals surface area contributed by atoms with Crippen LogP contribution in [0.25, 0.3) is 0 Å². The summed E-state index contributed by atoms with van der Waals surface area (Å²) >= 11 is 0. The van der Waals surface area contributed by atoms with E-state index in [4.69, 9.17) is 0 Å². The molecule has 0 amide bonds. The molecule has 65 valence electrons. The lowest BCUT2D eigenvalue weighted by Crippen LogP contribution is -2.43. The summed E-state index contributed by atoms with van der Waals surface area (Å²) in [6.07, 6.45) is 3.99. The summed E-state index contributed by atoms with van der Waals surface area (Å²) in [5.41, 5.74) is 0. The summed E-state index contributed by atoms with van der Waals surface area (Å²) in [5.74, 6) is 0. The Bertz CT molecular complexity index is 207. The van der Waals surface area contributed by atoms with Gasteiger partial charge in [-0.1, -0.05) is 0 Å². The summed E-state index contributed by atoms with van der Waals surface area (Å²) in [5, 5.41) is 4.12.